The van der Waals surface area contributed by atoms with Gasteiger partial charge in [-0.2, -0.15) is 0 Å². The molecule has 0 aromatic heterocycles. The SMILES string of the molecule is CCC(Oc1cccc(C)c1)C(=O)NCc1ccc(C(=O)O)cc1. The van der Waals surface area contributed by atoms with E-state index in [1.165, 1.54) is 12.1 Å². The first kappa shape index (κ1) is 17.5. The number of carboxylic acid groups (broad SMARTS) is 1. The van der Waals surface area contributed by atoms with Crippen molar-refractivity contribution in [2.75, 3.05) is 0 Å². The van der Waals surface area contributed by atoms with E-state index >= 15 is 0 Å². The van der Waals surface area contributed by atoms with Crippen molar-refractivity contribution >= 4 is 11.9 Å². The third kappa shape index (κ3) is 4.84. The summed E-state index contributed by atoms with van der Waals surface area (Å²) in [5, 5.41) is 11.7. The van der Waals surface area contributed by atoms with E-state index in [2.05, 4.69) is 5.32 Å². The number of carboxylic acids is 1. The Hall–Kier alpha value is -2.82. The molecule has 2 aromatic carbocycles. The molecule has 1 amide bonds. The minimum Gasteiger partial charge on any atom is -0.481 e. The highest BCUT2D eigenvalue weighted by molar-refractivity contribution is 5.87. The molecule has 0 spiro atoms. The van der Waals surface area contributed by atoms with E-state index in [-0.39, 0.29) is 11.5 Å². The van der Waals surface area contributed by atoms with Gasteiger partial charge in [-0.05, 0) is 48.7 Å². The molecule has 126 valence electrons. The fourth-order valence-corrected chi connectivity index (χ4v) is 2.24. The number of aromatic carboxylic acids is 1. The number of amides is 1. The third-order valence-corrected chi connectivity index (χ3v) is 3.60. The second-order valence-electron chi connectivity index (χ2n) is 5.55. The summed E-state index contributed by atoms with van der Waals surface area (Å²) in [5.74, 6) is -0.493. The molecule has 0 fully saturated rings. The van der Waals surface area contributed by atoms with Crippen LogP contribution in [-0.2, 0) is 11.3 Å². The zero-order valence-corrected chi connectivity index (χ0v) is 13.8. The lowest BCUT2D eigenvalue weighted by Gasteiger charge is -2.17. The fraction of sp³-hybridized carbons (Fsp3) is 0.263. The molecule has 0 aliphatic carbocycles. The van der Waals surface area contributed by atoms with E-state index in [0.29, 0.717) is 18.7 Å². The van der Waals surface area contributed by atoms with E-state index in [1.54, 1.807) is 12.1 Å². The van der Waals surface area contributed by atoms with Gasteiger partial charge in [0.15, 0.2) is 6.10 Å². The molecule has 5 nitrogen and oxygen atoms in total. The lowest BCUT2D eigenvalue weighted by Crippen LogP contribution is -2.37. The molecule has 0 aliphatic rings. The van der Waals surface area contributed by atoms with Crippen LogP contribution in [0.5, 0.6) is 5.75 Å². The number of carbonyl (C=O) groups excluding carboxylic acids is 1. The molecule has 0 saturated carbocycles. The summed E-state index contributed by atoms with van der Waals surface area (Å²) in [5.41, 5.74) is 2.12. The molecule has 2 rings (SSSR count). The van der Waals surface area contributed by atoms with Crippen LogP contribution in [0.2, 0.25) is 0 Å². The van der Waals surface area contributed by atoms with Crippen LogP contribution in [0, 0.1) is 6.92 Å². The van der Waals surface area contributed by atoms with Crippen LogP contribution in [0.4, 0.5) is 0 Å². The van der Waals surface area contributed by atoms with Crippen molar-refractivity contribution in [3.8, 4) is 5.75 Å². The van der Waals surface area contributed by atoms with E-state index in [0.717, 1.165) is 11.1 Å². The molecule has 0 aliphatic heterocycles. The molecular weight excluding hydrogens is 306 g/mol. The highest BCUT2D eigenvalue weighted by Gasteiger charge is 2.18. The van der Waals surface area contributed by atoms with Crippen LogP contribution in [0.25, 0.3) is 0 Å². The van der Waals surface area contributed by atoms with E-state index in [4.69, 9.17) is 9.84 Å². The summed E-state index contributed by atoms with van der Waals surface area (Å²) in [6.45, 7) is 4.18. The molecule has 0 bridgehead atoms. The standard InChI is InChI=1S/C19H21NO4/c1-3-17(24-16-6-4-5-13(2)11-16)18(21)20-12-14-7-9-15(10-8-14)19(22)23/h4-11,17H,3,12H2,1-2H3,(H,20,21)(H,22,23). The van der Waals surface area contributed by atoms with Crippen molar-refractivity contribution in [3.05, 3.63) is 65.2 Å². The van der Waals surface area contributed by atoms with Gasteiger partial charge in [0.05, 0.1) is 5.56 Å². The first-order chi connectivity index (χ1) is 11.5. The van der Waals surface area contributed by atoms with E-state index < -0.39 is 12.1 Å². The van der Waals surface area contributed by atoms with Gasteiger partial charge in [0, 0.05) is 6.54 Å². The van der Waals surface area contributed by atoms with Crippen LogP contribution in [0.15, 0.2) is 48.5 Å². The van der Waals surface area contributed by atoms with Gasteiger partial charge in [-0.25, -0.2) is 4.79 Å². The van der Waals surface area contributed by atoms with Gasteiger partial charge in [-0.15, -0.1) is 0 Å². The number of ether oxygens (including phenoxy) is 1. The van der Waals surface area contributed by atoms with Crippen LogP contribution < -0.4 is 10.1 Å². The first-order valence-corrected chi connectivity index (χ1v) is 7.83. The zero-order valence-electron chi connectivity index (χ0n) is 13.8. The summed E-state index contributed by atoms with van der Waals surface area (Å²) in [6.07, 6.45) is -0.0114. The maximum Gasteiger partial charge on any atom is 0.335 e. The van der Waals surface area contributed by atoms with Gasteiger partial charge in [-0.1, -0.05) is 31.2 Å². The third-order valence-electron chi connectivity index (χ3n) is 3.60. The van der Waals surface area contributed by atoms with Crippen LogP contribution >= 0.6 is 0 Å². The average molecular weight is 327 g/mol. The molecular formula is C19H21NO4. The predicted molar refractivity (Wildman–Crippen MR) is 91.1 cm³/mol. The van der Waals surface area contributed by atoms with Crippen molar-refractivity contribution < 1.29 is 19.4 Å². The number of nitrogens with one attached hydrogen (secondary N) is 1. The van der Waals surface area contributed by atoms with Crippen molar-refractivity contribution in [3.63, 3.8) is 0 Å². The van der Waals surface area contributed by atoms with Crippen LogP contribution in [0.3, 0.4) is 0 Å². The van der Waals surface area contributed by atoms with Crippen LogP contribution in [-0.4, -0.2) is 23.1 Å². The van der Waals surface area contributed by atoms with Gasteiger partial charge >= 0.3 is 5.97 Å². The topological polar surface area (TPSA) is 75.6 Å². The van der Waals surface area contributed by atoms with Crippen molar-refractivity contribution in [2.45, 2.75) is 32.9 Å². The maximum atomic E-state index is 12.3. The molecule has 2 N–H and O–H groups in total. The predicted octanol–water partition coefficient (Wildman–Crippen LogP) is 3.17. The summed E-state index contributed by atoms with van der Waals surface area (Å²) in [4.78, 5) is 23.1. The van der Waals surface area contributed by atoms with Crippen molar-refractivity contribution in [2.24, 2.45) is 0 Å². The van der Waals surface area contributed by atoms with Gasteiger partial charge in [0.2, 0.25) is 0 Å². The number of hydrogen-bond donors (Lipinski definition) is 2. The van der Waals surface area contributed by atoms with E-state index in [9.17, 15) is 9.59 Å². The Morgan fingerprint density at radius 2 is 1.88 bits per heavy atom. The molecule has 1 unspecified atom stereocenters. The zero-order chi connectivity index (χ0) is 17.5. The maximum absolute atomic E-state index is 12.3. The number of hydrogen-bond acceptors (Lipinski definition) is 3. The normalized spacial score (nSPS) is 11.6. The summed E-state index contributed by atoms with van der Waals surface area (Å²) in [7, 11) is 0. The Kier molecular flexibility index (Phi) is 5.95. The Labute approximate surface area is 141 Å². The number of aryl methyl sites for hydroxylation is 1. The monoisotopic (exact) mass is 327 g/mol. The second kappa shape index (κ2) is 8.15. The van der Waals surface area contributed by atoms with Gasteiger partial charge in [0.25, 0.3) is 5.91 Å². The molecule has 24 heavy (non-hydrogen) atoms. The molecule has 2 aromatic rings. The Bertz CT molecular complexity index is 710. The van der Waals surface area contributed by atoms with Crippen molar-refractivity contribution in [1.82, 2.24) is 5.32 Å². The summed E-state index contributed by atoms with van der Waals surface area (Å²) < 4.78 is 5.76. The number of rotatable bonds is 7. The fourth-order valence-electron chi connectivity index (χ4n) is 2.24. The molecule has 0 saturated heterocycles. The lowest BCUT2D eigenvalue weighted by atomic mass is 10.1. The number of carbonyl (C=O) groups is 2. The Balaban J connectivity index is 1.93. The number of benzene rings is 2. The minimum atomic E-state index is -0.969. The van der Waals surface area contributed by atoms with Gasteiger partial charge < -0.3 is 15.2 Å². The first-order valence-electron chi connectivity index (χ1n) is 7.83. The molecule has 0 heterocycles. The molecule has 5 heteroatoms. The highest BCUT2D eigenvalue weighted by Crippen LogP contribution is 2.15. The summed E-state index contributed by atoms with van der Waals surface area (Å²) in [6, 6.07) is 14.0. The van der Waals surface area contributed by atoms with Crippen molar-refractivity contribution in [1.29, 1.82) is 0 Å². The highest BCUT2D eigenvalue weighted by atomic mass is 16.5. The minimum absolute atomic E-state index is 0.193. The Morgan fingerprint density at radius 1 is 1.17 bits per heavy atom. The van der Waals surface area contributed by atoms with E-state index in [1.807, 2.05) is 38.1 Å². The molecule has 1 atom stereocenters. The largest absolute Gasteiger partial charge is 0.481 e. The Morgan fingerprint density at radius 3 is 2.46 bits per heavy atom. The second-order valence-corrected chi connectivity index (χ2v) is 5.55. The lowest BCUT2D eigenvalue weighted by molar-refractivity contribution is -0.128. The quantitative estimate of drug-likeness (QED) is 0.819. The smallest absolute Gasteiger partial charge is 0.335 e. The molecule has 0 radical (unpaired) electrons. The van der Waals surface area contributed by atoms with Crippen LogP contribution in [0.1, 0.15) is 34.8 Å². The van der Waals surface area contributed by atoms with Gasteiger partial charge in [-0.3, -0.25) is 4.79 Å². The summed E-state index contributed by atoms with van der Waals surface area (Å²) >= 11 is 0. The van der Waals surface area contributed by atoms with Gasteiger partial charge in [0.1, 0.15) is 5.75 Å². The average Bonchev–Trinajstić information content (AvgIpc) is 2.58.